The molecule has 0 aliphatic carbocycles. The molecule has 0 bridgehead atoms. The molecule has 1 fully saturated rings. The van der Waals surface area contributed by atoms with E-state index < -0.39 is 0 Å². The Morgan fingerprint density at radius 3 is 2.53 bits per heavy atom. The lowest BCUT2D eigenvalue weighted by Gasteiger charge is -2.40. The molecule has 1 aliphatic rings. The van der Waals surface area contributed by atoms with Gasteiger partial charge in [0.05, 0.1) is 11.8 Å². The third-order valence-electron chi connectivity index (χ3n) is 6.96. The zero-order valence-electron chi connectivity index (χ0n) is 20.5. The molecule has 1 atom stereocenters. The summed E-state index contributed by atoms with van der Waals surface area (Å²) in [5.41, 5.74) is 1.67. The molecule has 7 heteroatoms. The average molecular weight is 493 g/mol. The van der Waals surface area contributed by atoms with Gasteiger partial charge >= 0.3 is 0 Å². The van der Waals surface area contributed by atoms with E-state index in [-0.39, 0.29) is 35.4 Å². The number of halogens is 2. The molecule has 0 N–H and O–H groups in total. The first kappa shape index (κ1) is 25.4. The normalized spacial score (nSPS) is 15.3. The lowest BCUT2D eigenvalue weighted by atomic mass is 9.84. The zero-order chi connectivity index (χ0) is 25.7. The molecule has 1 unspecified atom stereocenters. The van der Waals surface area contributed by atoms with Gasteiger partial charge in [0.25, 0.3) is 5.91 Å². The van der Waals surface area contributed by atoms with Crippen LogP contribution >= 0.6 is 0 Å². The summed E-state index contributed by atoms with van der Waals surface area (Å²) < 4.78 is 33.2. The number of nitrogens with zero attached hydrogens (tertiary/aromatic N) is 2. The van der Waals surface area contributed by atoms with Crippen molar-refractivity contribution in [2.45, 2.75) is 32.2 Å². The molecule has 36 heavy (non-hydrogen) atoms. The molecule has 1 saturated heterocycles. The van der Waals surface area contributed by atoms with Crippen molar-refractivity contribution in [2.24, 2.45) is 5.92 Å². The highest BCUT2D eigenvalue weighted by atomic mass is 19.1. The summed E-state index contributed by atoms with van der Waals surface area (Å²) in [6.45, 7) is 2.80. The van der Waals surface area contributed by atoms with E-state index in [2.05, 4.69) is 0 Å². The summed E-state index contributed by atoms with van der Waals surface area (Å²) >= 11 is 0. The number of piperidine rings is 1. The van der Waals surface area contributed by atoms with Gasteiger partial charge in [-0.2, -0.15) is 0 Å². The molecule has 2 aromatic carbocycles. The van der Waals surface area contributed by atoms with E-state index in [0.29, 0.717) is 54.8 Å². The second-order valence-electron chi connectivity index (χ2n) is 9.22. The first-order chi connectivity index (χ1) is 17.3. The number of hydrogen-bond donors (Lipinski definition) is 0. The van der Waals surface area contributed by atoms with Crippen LogP contribution in [0.3, 0.4) is 0 Å². The van der Waals surface area contributed by atoms with Crippen LogP contribution in [0.1, 0.15) is 40.1 Å². The van der Waals surface area contributed by atoms with Crippen molar-refractivity contribution in [3.05, 3.63) is 101 Å². The van der Waals surface area contributed by atoms with Crippen LogP contribution in [0, 0.1) is 24.5 Å². The molecule has 2 heterocycles. The highest BCUT2D eigenvalue weighted by molar-refractivity contribution is 5.95. The first-order valence-corrected chi connectivity index (χ1v) is 12.1. The number of rotatable bonds is 7. The number of aryl methyl sites for hydroxylation is 1. The standard InChI is InChI=1S/C29H30F2N2O3/c1-20-25(14-17-36-20)29(35)32(2)27(19-23-7-3-4-9-26(23)31)22-12-15-33(16-13-22)28(34)11-10-21-6-5-8-24(30)18-21/h3-11,14,17-18,22,27H,12-13,15-16,19H2,1-2H3/b11-10+. The van der Waals surface area contributed by atoms with Crippen LogP contribution in [-0.2, 0) is 11.2 Å². The number of carbonyl (C=O) groups is 2. The highest BCUT2D eigenvalue weighted by Gasteiger charge is 2.34. The third kappa shape index (κ3) is 5.90. The predicted molar refractivity (Wildman–Crippen MR) is 134 cm³/mol. The quantitative estimate of drug-likeness (QED) is 0.409. The van der Waals surface area contributed by atoms with Gasteiger partial charge in [0, 0.05) is 32.3 Å². The van der Waals surface area contributed by atoms with E-state index >= 15 is 0 Å². The van der Waals surface area contributed by atoms with Gasteiger partial charge in [0.2, 0.25) is 5.91 Å². The number of amides is 2. The van der Waals surface area contributed by atoms with E-state index in [4.69, 9.17) is 4.42 Å². The van der Waals surface area contributed by atoms with Crippen LogP contribution in [0.2, 0.25) is 0 Å². The molecule has 1 aliphatic heterocycles. The van der Waals surface area contributed by atoms with E-state index in [0.717, 1.165) is 0 Å². The molecule has 0 saturated carbocycles. The Morgan fingerprint density at radius 2 is 1.86 bits per heavy atom. The molecular formula is C29H30F2N2O3. The van der Waals surface area contributed by atoms with E-state index in [1.807, 2.05) is 0 Å². The SMILES string of the molecule is Cc1occc1C(=O)N(C)C(Cc1ccccc1F)C1CCN(C(=O)/C=C/c2cccc(F)c2)CC1. The van der Waals surface area contributed by atoms with Crippen LogP contribution in [0.5, 0.6) is 0 Å². The smallest absolute Gasteiger partial charge is 0.257 e. The zero-order valence-corrected chi connectivity index (χ0v) is 20.5. The minimum Gasteiger partial charge on any atom is -0.469 e. The summed E-state index contributed by atoms with van der Waals surface area (Å²) in [6.07, 6.45) is 6.30. The summed E-state index contributed by atoms with van der Waals surface area (Å²) in [6, 6.07) is 14.1. The minimum atomic E-state index is -0.351. The molecule has 5 nitrogen and oxygen atoms in total. The number of benzene rings is 2. The maximum absolute atomic E-state index is 14.5. The number of likely N-dealkylation sites (tertiary alicyclic amines) is 1. The molecular weight excluding hydrogens is 462 g/mol. The molecule has 0 radical (unpaired) electrons. The molecule has 1 aromatic heterocycles. The molecule has 2 amide bonds. The fourth-order valence-electron chi connectivity index (χ4n) is 4.84. The summed E-state index contributed by atoms with van der Waals surface area (Å²) in [4.78, 5) is 29.4. The van der Waals surface area contributed by atoms with Gasteiger partial charge in [-0.1, -0.05) is 30.3 Å². The highest BCUT2D eigenvalue weighted by Crippen LogP contribution is 2.29. The van der Waals surface area contributed by atoms with Crippen molar-refractivity contribution in [1.29, 1.82) is 0 Å². The Kier molecular flexibility index (Phi) is 7.98. The lowest BCUT2D eigenvalue weighted by molar-refractivity contribution is -0.127. The van der Waals surface area contributed by atoms with Gasteiger partial charge in [-0.3, -0.25) is 9.59 Å². The van der Waals surface area contributed by atoms with Crippen LogP contribution in [0.25, 0.3) is 6.08 Å². The van der Waals surface area contributed by atoms with Crippen molar-refractivity contribution in [2.75, 3.05) is 20.1 Å². The van der Waals surface area contributed by atoms with Crippen molar-refractivity contribution < 1.29 is 22.8 Å². The predicted octanol–water partition coefficient (Wildman–Crippen LogP) is 5.50. The van der Waals surface area contributed by atoms with Crippen LogP contribution < -0.4 is 0 Å². The summed E-state index contributed by atoms with van der Waals surface area (Å²) in [5.74, 6) is -0.321. The van der Waals surface area contributed by atoms with E-state index in [1.54, 1.807) is 66.2 Å². The Balaban J connectivity index is 1.47. The summed E-state index contributed by atoms with van der Waals surface area (Å²) in [5, 5.41) is 0. The van der Waals surface area contributed by atoms with Gasteiger partial charge in [0.15, 0.2) is 0 Å². The molecule has 0 spiro atoms. The first-order valence-electron chi connectivity index (χ1n) is 12.1. The van der Waals surface area contributed by atoms with E-state index in [9.17, 15) is 18.4 Å². The monoisotopic (exact) mass is 492 g/mol. The topological polar surface area (TPSA) is 53.8 Å². The van der Waals surface area contributed by atoms with Gasteiger partial charge in [0.1, 0.15) is 17.4 Å². The van der Waals surface area contributed by atoms with Gasteiger partial charge in [-0.25, -0.2) is 8.78 Å². The Bertz CT molecular complexity index is 1240. The van der Waals surface area contributed by atoms with Gasteiger partial charge < -0.3 is 14.2 Å². The molecule has 4 rings (SSSR count). The average Bonchev–Trinajstić information content (AvgIpc) is 3.32. The maximum atomic E-state index is 14.5. The fraction of sp³-hybridized carbons (Fsp3) is 0.310. The number of hydrogen-bond acceptors (Lipinski definition) is 3. The van der Waals surface area contributed by atoms with Crippen LogP contribution in [0.4, 0.5) is 8.78 Å². The number of likely N-dealkylation sites (N-methyl/N-ethyl adjacent to an activating group) is 1. The van der Waals surface area contributed by atoms with Crippen molar-refractivity contribution in [1.82, 2.24) is 9.80 Å². The largest absolute Gasteiger partial charge is 0.469 e. The third-order valence-corrected chi connectivity index (χ3v) is 6.96. The Labute approximate surface area is 210 Å². The maximum Gasteiger partial charge on any atom is 0.257 e. The van der Waals surface area contributed by atoms with Gasteiger partial charge in [-0.05, 0) is 73.6 Å². The Hall–Kier alpha value is -3.74. The summed E-state index contributed by atoms with van der Waals surface area (Å²) in [7, 11) is 1.75. The van der Waals surface area contributed by atoms with Crippen LogP contribution in [-0.4, -0.2) is 47.8 Å². The minimum absolute atomic E-state index is 0.0852. The van der Waals surface area contributed by atoms with E-state index in [1.165, 1.54) is 30.5 Å². The number of furan rings is 1. The fourth-order valence-corrected chi connectivity index (χ4v) is 4.84. The number of carbonyl (C=O) groups excluding carboxylic acids is 2. The Morgan fingerprint density at radius 1 is 1.11 bits per heavy atom. The molecule has 188 valence electrons. The van der Waals surface area contributed by atoms with Crippen LogP contribution in [0.15, 0.2) is 71.4 Å². The molecule has 3 aromatic rings. The second-order valence-corrected chi connectivity index (χ2v) is 9.22. The lowest BCUT2D eigenvalue weighted by Crippen LogP contribution is -2.48. The van der Waals surface area contributed by atoms with Crippen molar-refractivity contribution >= 4 is 17.9 Å². The van der Waals surface area contributed by atoms with Gasteiger partial charge in [-0.15, -0.1) is 0 Å². The van der Waals surface area contributed by atoms with Crippen molar-refractivity contribution in [3.63, 3.8) is 0 Å². The second kappa shape index (κ2) is 11.3. The van der Waals surface area contributed by atoms with Crippen molar-refractivity contribution in [3.8, 4) is 0 Å².